The number of methoxy groups -OCH3 is 1. The molecule has 0 saturated carbocycles. The number of carbonyl (C=O) groups excluding carboxylic acids is 1. The van der Waals surface area contributed by atoms with Gasteiger partial charge in [0.2, 0.25) is 5.88 Å². The van der Waals surface area contributed by atoms with Gasteiger partial charge in [-0.1, -0.05) is 11.6 Å². The van der Waals surface area contributed by atoms with Crippen LogP contribution in [0.5, 0.6) is 5.88 Å². The van der Waals surface area contributed by atoms with Gasteiger partial charge in [-0.25, -0.2) is 4.98 Å². The van der Waals surface area contributed by atoms with Crippen molar-refractivity contribution < 1.29 is 9.53 Å². The van der Waals surface area contributed by atoms with Crippen molar-refractivity contribution in [2.45, 2.75) is 6.92 Å². The fourth-order valence-electron chi connectivity index (χ4n) is 2.16. The Morgan fingerprint density at radius 2 is 2.14 bits per heavy atom. The molecule has 7 heteroatoms. The molecule has 0 spiro atoms. The Kier molecular flexibility index (Phi) is 3.68. The minimum atomic E-state index is -0.317. The first-order valence-electron chi connectivity index (χ1n) is 6.54. The summed E-state index contributed by atoms with van der Waals surface area (Å²) in [6.07, 6.45) is 1.61. The van der Waals surface area contributed by atoms with E-state index in [0.29, 0.717) is 21.8 Å². The van der Waals surface area contributed by atoms with Gasteiger partial charge in [-0.3, -0.25) is 9.89 Å². The van der Waals surface area contributed by atoms with Gasteiger partial charge < -0.3 is 10.1 Å². The predicted molar refractivity (Wildman–Crippen MR) is 84.6 cm³/mol. The highest BCUT2D eigenvalue weighted by Gasteiger charge is 2.16. The van der Waals surface area contributed by atoms with E-state index in [1.165, 1.54) is 7.11 Å². The molecule has 0 unspecified atom stereocenters. The second-order valence-corrected chi connectivity index (χ2v) is 5.12. The number of nitrogens with zero attached hydrogens (tertiary/aromatic N) is 2. The highest BCUT2D eigenvalue weighted by Crippen LogP contribution is 2.28. The Morgan fingerprint density at radius 1 is 1.32 bits per heavy atom. The number of carbonyl (C=O) groups is 1. The molecule has 0 bridgehead atoms. The molecule has 0 saturated heterocycles. The van der Waals surface area contributed by atoms with E-state index in [-0.39, 0.29) is 11.8 Å². The third-order valence-electron chi connectivity index (χ3n) is 3.25. The largest absolute Gasteiger partial charge is 0.480 e. The minimum Gasteiger partial charge on any atom is -0.480 e. The molecule has 2 N–H and O–H groups in total. The topological polar surface area (TPSA) is 79.9 Å². The quantitative estimate of drug-likeness (QED) is 0.777. The molecule has 0 radical (unpaired) electrons. The molecule has 0 atom stereocenters. The van der Waals surface area contributed by atoms with Crippen molar-refractivity contribution in [2.24, 2.45) is 0 Å². The lowest BCUT2D eigenvalue weighted by molar-refractivity contribution is 0.102. The first kappa shape index (κ1) is 14.3. The number of fused-ring (bicyclic) bond motifs is 1. The van der Waals surface area contributed by atoms with Crippen molar-refractivity contribution in [2.75, 3.05) is 12.4 Å². The van der Waals surface area contributed by atoms with Crippen molar-refractivity contribution in [3.8, 4) is 5.88 Å². The Hall–Kier alpha value is -2.60. The number of rotatable bonds is 3. The van der Waals surface area contributed by atoms with Crippen molar-refractivity contribution in [3.05, 3.63) is 46.7 Å². The fraction of sp³-hybridized carbons (Fsp3) is 0.133. The number of ether oxygens (including phenoxy) is 1. The van der Waals surface area contributed by atoms with Crippen LogP contribution >= 0.6 is 11.6 Å². The van der Waals surface area contributed by atoms with Crippen molar-refractivity contribution in [1.29, 1.82) is 0 Å². The maximum atomic E-state index is 12.5. The smallest absolute Gasteiger partial charge is 0.261 e. The number of hydrogen-bond acceptors (Lipinski definition) is 4. The maximum Gasteiger partial charge on any atom is 0.261 e. The Bertz CT molecular complexity index is 860. The van der Waals surface area contributed by atoms with E-state index in [9.17, 15) is 4.79 Å². The van der Waals surface area contributed by atoms with E-state index in [0.717, 1.165) is 11.1 Å². The Balaban J connectivity index is 1.97. The number of pyridine rings is 1. The van der Waals surface area contributed by atoms with Gasteiger partial charge in [0.25, 0.3) is 5.91 Å². The van der Waals surface area contributed by atoms with Crippen LogP contribution in [0.4, 0.5) is 5.69 Å². The van der Waals surface area contributed by atoms with Gasteiger partial charge in [0.05, 0.1) is 29.5 Å². The number of nitrogens with one attached hydrogen (secondary N) is 2. The number of aryl methyl sites for hydroxylation is 1. The summed E-state index contributed by atoms with van der Waals surface area (Å²) in [5.41, 5.74) is 2.39. The lowest BCUT2D eigenvalue weighted by Crippen LogP contribution is -2.14. The fourth-order valence-corrected chi connectivity index (χ4v) is 2.36. The lowest BCUT2D eigenvalue weighted by atomic mass is 10.2. The summed E-state index contributed by atoms with van der Waals surface area (Å²) < 4.78 is 5.16. The normalized spacial score (nSPS) is 10.7. The average Bonchev–Trinajstić information content (AvgIpc) is 3.00. The van der Waals surface area contributed by atoms with E-state index < -0.39 is 0 Å². The van der Waals surface area contributed by atoms with Crippen LogP contribution in [0, 0.1) is 6.92 Å². The molecule has 0 fully saturated rings. The van der Waals surface area contributed by atoms with Crippen LogP contribution < -0.4 is 10.1 Å². The van der Waals surface area contributed by atoms with Gasteiger partial charge in [0, 0.05) is 11.1 Å². The van der Waals surface area contributed by atoms with E-state index in [2.05, 4.69) is 20.5 Å². The standard InChI is InChI=1S/C15H13ClN4O2/c1-8-3-4-9(15(18-8)22-2)14(21)19-12-6-5-11(16)10-7-17-20-13(10)12/h3-7H,1-2H3,(H,17,20)(H,19,21). The summed E-state index contributed by atoms with van der Waals surface area (Å²) in [6, 6.07) is 6.86. The number of amides is 1. The van der Waals surface area contributed by atoms with E-state index >= 15 is 0 Å². The number of aromatic nitrogens is 3. The van der Waals surface area contributed by atoms with E-state index in [1.54, 1.807) is 30.5 Å². The van der Waals surface area contributed by atoms with Crippen LogP contribution in [-0.4, -0.2) is 28.2 Å². The first-order chi connectivity index (χ1) is 10.6. The molecule has 6 nitrogen and oxygen atoms in total. The van der Waals surface area contributed by atoms with Gasteiger partial charge in [0.15, 0.2) is 0 Å². The van der Waals surface area contributed by atoms with E-state index in [4.69, 9.17) is 16.3 Å². The van der Waals surface area contributed by atoms with Crippen molar-refractivity contribution in [3.63, 3.8) is 0 Å². The van der Waals surface area contributed by atoms with Gasteiger partial charge in [0.1, 0.15) is 5.56 Å². The molecule has 1 amide bonds. The third-order valence-corrected chi connectivity index (χ3v) is 3.58. The number of H-pyrrole nitrogens is 1. The lowest BCUT2D eigenvalue weighted by Gasteiger charge is -2.10. The van der Waals surface area contributed by atoms with Gasteiger partial charge in [-0.2, -0.15) is 5.10 Å². The summed E-state index contributed by atoms with van der Waals surface area (Å²) in [5.74, 6) is -0.0325. The molecule has 0 aliphatic carbocycles. The average molecular weight is 317 g/mol. The number of halogens is 1. The molecule has 1 aromatic carbocycles. The number of aromatic amines is 1. The number of hydrogen-bond donors (Lipinski definition) is 2. The summed E-state index contributed by atoms with van der Waals surface area (Å²) >= 11 is 6.09. The van der Waals surface area contributed by atoms with Gasteiger partial charge >= 0.3 is 0 Å². The summed E-state index contributed by atoms with van der Waals surface area (Å²) in [7, 11) is 1.48. The highest BCUT2D eigenvalue weighted by molar-refractivity contribution is 6.36. The van der Waals surface area contributed by atoms with Gasteiger partial charge in [-0.05, 0) is 31.2 Å². The molecular weight excluding hydrogens is 304 g/mol. The first-order valence-corrected chi connectivity index (χ1v) is 6.92. The highest BCUT2D eigenvalue weighted by atomic mass is 35.5. The van der Waals surface area contributed by atoms with Gasteiger partial charge in [-0.15, -0.1) is 0 Å². The SMILES string of the molecule is COc1nc(C)ccc1C(=O)Nc1ccc(Cl)c2cn[nH]c12. The summed E-state index contributed by atoms with van der Waals surface area (Å²) in [5, 5.41) is 10.9. The molecule has 2 heterocycles. The Labute approximate surface area is 131 Å². The maximum absolute atomic E-state index is 12.5. The van der Waals surface area contributed by atoms with Crippen LogP contribution in [0.2, 0.25) is 5.02 Å². The second-order valence-electron chi connectivity index (χ2n) is 4.72. The molecule has 22 heavy (non-hydrogen) atoms. The predicted octanol–water partition coefficient (Wildman–Crippen LogP) is 3.18. The zero-order valence-electron chi connectivity index (χ0n) is 12.0. The molecular formula is C15H13ClN4O2. The van der Waals surface area contributed by atoms with Crippen molar-refractivity contribution in [1.82, 2.24) is 15.2 Å². The van der Waals surface area contributed by atoms with Crippen LogP contribution in [0.25, 0.3) is 10.9 Å². The summed E-state index contributed by atoms with van der Waals surface area (Å²) in [6.45, 7) is 1.83. The summed E-state index contributed by atoms with van der Waals surface area (Å²) in [4.78, 5) is 16.7. The van der Waals surface area contributed by atoms with Crippen molar-refractivity contribution >= 4 is 34.1 Å². The van der Waals surface area contributed by atoms with E-state index in [1.807, 2.05) is 6.92 Å². The molecule has 3 rings (SSSR count). The molecule has 112 valence electrons. The van der Waals surface area contributed by atoms with Crippen LogP contribution in [-0.2, 0) is 0 Å². The van der Waals surface area contributed by atoms with Crippen LogP contribution in [0.1, 0.15) is 16.1 Å². The second kappa shape index (κ2) is 5.65. The zero-order chi connectivity index (χ0) is 15.7. The number of benzene rings is 1. The minimum absolute atomic E-state index is 0.285. The zero-order valence-corrected chi connectivity index (χ0v) is 12.7. The third kappa shape index (κ3) is 2.48. The number of anilines is 1. The van der Waals surface area contributed by atoms with Crippen LogP contribution in [0.15, 0.2) is 30.5 Å². The molecule has 0 aliphatic rings. The molecule has 0 aliphatic heterocycles. The monoisotopic (exact) mass is 316 g/mol. The Morgan fingerprint density at radius 3 is 2.91 bits per heavy atom. The molecule has 3 aromatic rings. The van der Waals surface area contributed by atoms with Crippen LogP contribution in [0.3, 0.4) is 0 Å². The molecule has 2 aromatic heterocycles.